The van der Waals surface area contributed by atoms with Gasteiger partial charge >= 0.3 is 0 Å². The maximum absolute atomic E-state index is 12.3. The number of halogens is 1. The number of aliphatic hydroxyl groups is 1. The Bertz CT molecular complexity index is 439. The number of benzene rings is 1. The molecule has 1 saturated heterocycles. The minimum atomic E-state index is -0.550. The number of carbonyl (C=O) groups excluding carboxylic acids is 1. The average molecular weight is 269 g/mol. The first-order chi connectivity index (χ1) is 8.63. The van der Waals surface area contributed by atoms with Gasteiger partial charge < -0.3 is 15.3 Å². The molecule has 1 aromatic rings. The van der Waals surface area contributed by atoms with Crippen LogP contribution in [0.25, 0.3) is 0 Å². The van der Waals surface area contributed by atoms with E-state index in [1.807, 2.05) is 18.2 Å². The Hall–Kier alpha value is -1.10. The van der Waals surface area contributed by atoms with E-state index in [0.717, 1.165) is 0 Å². The Morgan fingerprint density at radius 3 is 2.89 bits per heavy atom. The fourth-order valence-electron chi connectivity index (χ4n) is 2.12. The first-order valence-corrected chi connectivity index (χ1v) is 6.41. The summed E-state index contributed by atoms with van der Waals surface area (Å²) in [5.41, 5.74) is 0.707. The predicted octanol–water partition coefficient (Wildman–Crippen LogP) is 1.27. The summed E-state index contributed by atoms with van der Waals surface area (Å²) in [6.07, 6.45) is 0. The lowest BCUT2D eigenvalue weighted by Gasteiger charge is -2.25. The van der Waals surface area contributed by atoms with Crippen LogP contribution in [0.15, 0.2) is 24.3 Å². The molecule has 1 amide bonds. The highest BCUT2D eigenvalue weighted by Gasteiger charge is 2.30. The van der Waals surface area contributed by atoms with Crippen LogP contribution in [0.2, 0.25) is 5.02 Å². The lowest BCUT2D eigenvalue weighted by Crippen LogP contribution is -2.46. The third-order valence-corrected chi connectivity index (χ3v) is 3.42. The van der Waals surface area contributed by atoms with Crippen molar-refractivity contribution < 1.29 is 9.90 Å². The number of anilines is 1. The number of hydrogen-bond acceptors (Lipinski definition) is 3. The summed E-state index contributed by atoms with van der Waals surface area (Å²) < 4.78 is 0. The van der Waals surface area contributed by atoms with Crippen LogP contribution >= 0.6 is 11.6 Å². The Kier molecular flexibility index (Phi) is 4.22. The highest BCUT2D eigenvalue weighted by Crippen LogP contribution is 2.27. The van der Waals surface area contributed by atoms with Crippen molar-refractivity contribution in [1.29, 1.82) is 0 Å². The van der Waals surface area contributed by atoms with Crippen LogP contribution in [0.1, 0.15) is 6.92 Å². The smallest absolute Gasteiger partial charge is 0.246 e. The van der Waals surface area contributed by atoms with Crippen molar-refractivity contribution >= 4 is 23.2 Å². The highest BCUT2D eigenvalue weighted by molar-refractivity contribution is 6.33. The Morgan fingerprint density at radius 1 is 1.50 bits per heavy atom. The lowest BCUT2D eigenvalue weighted by atomic mass is 10.1. The van der Waals surface area contributed by atoms with Crippen molar-refractivity contribution in [3.8, 4) is 0 Å². The first-order valence-electron chi connectivity index (χ1n) is 6.03. The number of amides is 1. The molecule has 2 N–H and O–H groups in total. The first kappa shape index (κ1) is 13.3. The molecule has 2 atom stereocenters. The number of rotatable bonds is 2. The molecule has 2 unspecified atom stereocenters. The van der Waals surface area contributed by atoms with Gasteiger partial charge in [0.25, 0.3) is 0 Å². The summed E-state index contributed by atoms with van der Waals surface area (Å²) in [5.74, 6) is 0.178. The average Bonchev–Trinajstić information content (AvgIpc) is 2.50. The van der Waals surface area contributed by atoms with Crippen molar-refractivity contribution in [2.75, 3.05) is 24.6 Å². The molecule has 1 aromatic carbocycles. The largest absolute Gasteiger partial charge is 0.394 e. The van der Waals surface area contributed by atoms with E-state index in [9.17, 15) is 9.90 Å². The van der Waals surface area contributed by atoms with E-state index in [1.165, 1.54) is 0 Å². The van der Waals surface area contributed by atoms with Crippen LogP contribution in [-0.4, -0.2) is 36.8 Å². The second-order valence-electron chi connectivity index (χ2n) is 4.65. The number of para-hydroxylation sites is 1. The van der Waals surface area contributed by atoms with E-state index in [1.54, 1.807) is 11.0 Å². The minimum Gasteiger partial charge on any atom is -0.394 e. The predicted molar refractivity (Wildman–Crippen MR) is 71.8 cm³/mol. The molecule has 0 bridgehead atoms. The minimum absolute atomic E-state index is 0.130. The topological polar surface area (TPSA) is 52.6 Å². The second-order valence-corrected chi connectivity index (χ2v) is 5.06. The van der Waals surface area contributed by atoms with E-state index in [2.05, 4.69) is 12.2 Å². The zero-order valence-corrected chi connectivity index (χ0v) is 11.0. The number of hydrogen-bond donors (Lipinski definition) is 2. The van der Waals surface area contributed by atoms with Crippen molar-refractivity contribution in [3.05, 3.63) is 29.3 Å². The van der Waals surface area contributed by atoms with Gasteiger partial charge in [-0.3, -0.25) is 4.79 Å². The van der Waals surface area contributed by atoms with Gasteiger partial charge in [0.1, 0.15) is 6.04 Å². The molecule has 0 aromatic heterocycles. The highest BCUT2D eigenvalue weighted by atomic mass is 35.5. The van der Waals surface area contributed by atoms with Gasteiger partial charge in [-0.25, -0.2) is 0 Å². The van der Waals surface area contributed by atoms with Crippen molar-refractivity contribution in [2.45, 2.75) is 13.0 Å². The van der Waals surface area contributed by atoms with Crippen LogP contribution in [0.5, 0.6) is 0 Å². The number of nitrogens with one attached hydrogen (secondary N) is 1. The third kappa shape index (κ3) is 2.66. The van der Waals surface area contributed by atoms with Crippen LogP contribution in [0.3, 0.4) is 0 Å². The van der Waals surface area contributed by atoms with E-state index in [-0.39, 0.29) is 12.5 Å². The van der Waals surface area contributed by atoms with Crippen LogP contribution in [0.4, 0.5) is 5.69 Å². The summed E-state index contributed by atoms with van der Waals surface area (Å²) in [7, 11) is 0. The zero-order valence-electron chi connectivity index (χ0n) is 10.3. The van der Waals surface area contributed by atoms with Crippen molar-refractivity contribution in [1.82, 2.24) is 5.32 Å². The van der Waals surface area contributed by atoms with E-state index in [4.69, 9.17) is 11.6 Å². The molecule has 1 fully saturated rings. The second kappa shape index (κ2) is 5.69. The summed E-state index contributed by atoms with van der Waals surface area (Å²) >= 11 is 6.14. The molecule has 18 heavy (non-hydrogen) atoms. The molecule has 1 heterocycles. The number of carbonyl (C=O) groups is 1. The van der Waals surface area contributed by atoms with Crippen molar-refractivity contribution in [3.63, 3.8) is 0 Å². The summed E-state index contributed by atoms with van der Waals surface area (Å²) in [5, 5.41) is 12.9. The molecule has 0 aliphatic carbocycles. The van der Waals surface area contributed by atoms with Gasteiger partial charge in [0.05, 0.1) is 17.3 Å². The zero-order chi connectivity index (χ0) is 13.1. The molecule has 98 valence electrons. The van der Waals surface area contributed by atoms with E-state index < -0.39 is 6.04 Å². The number of aliphatic hydroxyl groups excluding tert-OH is 1. The molecular formula is C13H17ClN2O2. The molecule has 2 rings (SSSR count). The molecule has 1 aliphatic rings. The lowest BCUT2D eigenvalue weighted by molar-refractivity contribution is -0.121. The quantitative estimate of drug-likeness (QED) is 0.849. The maximum Gasteiger partial charge on any atom is 0.246 e. The van der Waals surface area contributed by atoms with Gasteiger partial charge in [0.2, 0.25) is 5.91 Å². The Balaban J connectivity index is 2.34. The molecule has 4 nitrogen and oxygen atoms in total. The van der Waals surface area contributed by atoms with Crippen LogP contribution in [0, 0.1) is 5.92 Å². The normalized spacial score (nSPS) is 25.1. The monoisotopic (exact) mass is 268 g/mol. The summed E-state index contributed by atoms with van der Waals surface area (Å²) in [4.78, 5) is 14.0. The maximum atomic E-state index is 12.3. The fraction of sp³-hybridized carbons (Fsp3) is 0.462. The molecular weight excluding hydrogens is 252 g/mol. The third-order valence-electron chi connectivity index (χ3n) is 3.10. The molecule has 0 saturated carbocycles. The van der Waals surface area contributed by atoms with Crippen LogP contribution in [-0.2, 0) is 4.79 Å². The van der Waals surface area contributed by atoms with Crippen LogP contribution < -0.4 is 10.2 Å². The van der Waals surface area contributed by atoms with Gasteiger partial charge in [-0.15, -0.1) is 0 Å². The molecule has 5 heteroatoms. The number of nitrogens with zero attached hydrogens (tertiary/aromatic N) is 1. The fourth-order valence-corrected chi connectivity index (χ4v) is 2.35. The van der Waals surface area contributed by atoms with Gasteiger partial charge in [0, 0.05) is 13.1 Å². The molecule has 1 aliphatic heterocycles. The SMILES string of the molecule is CC1CNC(CO)C(=O)N(c2ccccc2Cl)C1. The van der Waals surface area contributed by atoms with Gasteiger partial charge in [-0.1, -0.05) is 30.7 Å². The standard InChI is InChI=1S/C13H17ClN2O2/c1-9-6-15-11(8-17)13(18)16(7-9)12-5-3-2-4-10(12)14/h2-5,9,11,15,17H,6-8H2,1H3. The van der Waals surface area contributed by atoms with Crippen molar-refractivity contribution in [2.24, 2.45) is 5.92 Å². The molecule has 0 radical (unpaired) electrons. The summed E-state index contributed by atoms with van der Waals surface area (Å²) in [6.45, 7) is 3.17. The van der Waals surface area contributed by atoms with Gasteiger partial charge in [-0.05, 0) is 18.1 Å². The Morgan fingerprint density at radius 2 is 2.22 bits per heavy atom. The molecule has 0 spiro atoms. The Labute approximate surface area is 112 Å². The summed E-state index contributed by atoms with van der Waals surface area (Å²) in [6, 6.07) is 6.73. The van der Waals surface area contributed by atoms with Gasteiger partial charge in [-0.2, -0.15) is 0 Å². The van der Waals surface area contributed by atoms with E-state index >= 15 is 0 Å². The van der Waals surface area contributed by atoms with Gasteiger partial charge in [0.15, 0.2) is 0 Å². The van der Waals surface area contributed by atoms with E-state index in [0.29, 0.717) is 29.7 Å².